The number of aromatic hydroxyl groups is 1. The molecular formula is C10H12N2O3. The van der Waals surface area contributed by atoms with Crippen LogP contribution in [0.4, 0.5) is 5.69 Å². The molecule has 0 heterocycles. The molecule has 1 fully saturated rings. The highest BCUT2D eigenvalue weighted by molar-refractivity contribution is 5.47. The van der Waals surface area contributed by atoms with Crippen molar-refractivity contribution in [2.75, 3.05) is 0 Å². The van der Waals surface area contributed by atoms with E-state index in [9.17, 15) is 15.2 Å². The lowest BCUT2D eigenvalue weighted by Gasteiger charge is -2.08. The molecule has 0 unspecified atom stereocenters. The molecule has 0 spiro atoms. The molecule has 3 N–H and O–H groups in total. The van der Waals surface area contributed by atoms with Gasteiger partial charge in [0.25, 0.3) is 0 Å². The summed E-state index contributed by atoms with van der Waals surface area (Å²) in [6, 6.07) is 4.38. The second-order valence-corrected chi connectivity index (χ2v) is 4.12. The molecule has 0 saturated heterocycles. The van der Waals surface area contributed by atoms with Gasteiger partial charge in [-0.3, -0.25) is 10.1 Å². The Hall–Kier alpha value is -1.62. The van der Waals surface area contributed by atoms with E-state index in [2.05, 4.69) is 0 Å². The first-order valence-corrected chi connectivity index (χ1v) is 4.75. The topological polar surface area (TPSA) is 89.4 Å². The maximum atomic E-state index is 10.5. The fourth-order valence-electron chi connectivity index (χ4n) is 1.58. The third-order valence-corrected chi connectivity index (χ3v) is 2.68. The molecule has 0 radical (unpaired) electrons. The first kappa shape index (κ1) is 9.92. The zero-order valence-electron chi connectivity index (χ0n) is 8.14. The van der Waals surface area contributed by atoms with Crippen molar-refractivity contribution in [1.82, 2.24) is 0 Å². The zero-order valence-corrected chi connectivity index (χ0v) is 8.14. The van der Waals surface area contributed by atoms with Gasteiger partial charge in [0, 0.05) is 11.6 Å². The van der Waals surface area contributed by atoms with Gasteiger partial charge < -0.3 is 10.8 Å². The normalized spacial score (nSPS) is 17.4. The van der Waals surface area contributed by atoms with Crippen molar-refractivity contribution in [2.45, 2.75) is 24.8 Å². The molecule has 0 aliphatic heterocycles. The monoisotopic (exact) mass is 208 g/mol. The van der Waals surface area contributed by atoms with E-state index < -0.39 is 4.92 Å². The molecule has 0 amide bonds. The van der Waals surface area contributed by atoms with Crippen LogP contribution in [0.5, 0.6) is 5.75 Å². The van der Waals surface area contributed by atoms with Gasteiger partial charge in [-0.25, -0.2) is 0 Å². The second-order valence-electron chi connectivity index (χ2n) is 4.12. The molecule has 5 nitrogen and oxygen atoms in total. The number of nitrogens with zero attached hydrogens (tertiary/aromatic N) is 1. The Bertz CT molecular complexity index is 413. The Morgan fingerprint density at radius 2 is 2.20 bits per heavy atom. The summed E-state index contributed by atoms with van der Waals surface area (Å²) in [6.07, 6.45) is 2.62. The Labute approximate surface area is 86.7 Å². The maximum Gasteiger partial charge on any atom is 0.310 e. The SMILES string of the molecule is NC1(Cc2ccc([N+](=O)[O-])c(O)c2)CC1. The summed E-state index contributed by atoms with van der Waals surface area (Å²) < 4.78 is 0. The van der Waals surface area contributed by atoms with Gasteiger partial charge in [-0.2, -0.15) is 0 Å². The summed E-state index contributed by atoms with van der Waals surface area (Å²) >= 11 is 0. The largest absolute Gasteiger partial charge is 0.502 e. The number of phenolic OH excluding ortho intramolecular Hbond substituents is 1. The number of phenols is 1. The summed E-state index contributed by atoms with van der Waals surface area (Å²) in [5.41, 5.74) is 6.34. The van der Waals surface area contributed by atoms with Gasteiger partial charge in [-0.05, 0) is 30.9 Å². The van der Waals surface area contributed by atoms with Crippen LogP contribution in [0.25, 0.3) is 0 Å². The minimum atomic E-state index is -0.603. The van der Waals surface area contributed by atoms with Crippen molar-refractivity contribution in [1.29, 1.82) is 0 Å². The Kier molecular flexibility index (Phi) is 2.12. The Morgan fingerprint density at radius 3 is 2.67 bits per heavy atom. The van der Waals surface area contributed by atoms with E-state index in [4.69, 9.17) is 5.73 Å². The number of benzene rings is 1. The molecule has 15 heavy (non-hydrogen) atoms. The molecule has 0 bridgehead atoms. The van der Waals surface area contributed by atoms with E-state index >= 15 is 0 Å². The molecule has 0 aromatic heterocycles. The van der Waals surface area contributed by atoms with Crippen LogP contribution in [0.1, 0.15) is 18.4 Å². The van der Waals surface area contributed by atoms with Crippen LogP contribution in [0.3, 0.4) is 0 Å². The molecule has 0 atom stereocenters. The van der Waals surface area contributed by atoms with Gasteiger partial charge in [0.2, 0.25) is 0 Å². The lowest BCUT2D eigenvalue weighted by atomic mass is 10.0. The van der Waals surface area contributed by atoms with Crippen molar-refractivity contribution >= 4 is 5.69 Å². The lowest BCUT2D eigenvalue weighted by molar-refractivity contribution is -0.385. The van der Waals surface area contributed by atoms with Gasteiger partial charge in [0.1, 0.15) is 0 Å². The molecule has 1 aliphatic rings. The summed E-state index contributed by atoms with van der Waals surface area (Å²) in [6.45, 7) is 0. The molecule has 1 saturated carbocycles. The van der Waals surface area contributed by atoms with E-state index in [0.29, 0.717) is 6.42 Å². The van der Waals surface area contributed by atoms with E-state index in [0.717, 1.165) is 18.4 Å². The maximum absolute atomic E-state index is 10.5. The first-order chi connectivity index (χ1) is 7.00. The van der Waals surface area contributed by atoms with Crippen LogP contribution in [0, 0.1) is 10.1 Å². The van der Waals surface area contributed by atoms with Crippen molar-refractivity contribution in [2.24, 2.45) is 5.73 Å². The van der Waals surface area contributed by atoms with Crippen molar-refractivity contribution < 1.29 is 10.0 Å². The lowest BCUT2D eigenvalue weighted by Crippen LogP contribution is -2.24. The quantitative estimate of drug-likeness (QED) is 0.579. The summed E-state index contributed by atoms with van der Waals surface area (Å²) in [5, 5.41) is 19.8. The standard InChI is InChI=1S/C10H12N2O3/c11-10(3-4-10)6-7-1-2-8(12(14)15)9(13)5-7/h1-2,5,13H,3-4,6,11H2. The average Bonchev–Trinajstić information content (AvgIpc) is 2.82. The number of hydrogen-bond acceptors (Lipinski definition) is 4. The second kappa shape index (κ2) is 3.20. The summed E-state index contributed by atoms with van der Waals surface area (Å²) in [4.78, 5) is 9.85. The van der Waals surface area contributed by atoms with Crippen LogP contribution in [-0.4, -0.2) is 15.6 Å². The van der Waals surface area contributed by atoms with Crippen molar-refractivity contribution in [3.63, 3.8) is 0 Å². The average molecular weight is 208 g/mol. The third kappa shape index (κ3) is 2.07. The first-order valence-electron chi connectivity index (χ1n) is 4.75. The smallest absolute Gasteiger partial charge is 0.310 e. The molecule has 1 aliphatic carbocycles. The van der Waals surface area contributed by atoms with Gasteiger partial charge in [0.15, 0.2) is 5.75 Å². The van der Waals surface area contributed by atoms with E-state index in [1.165, 1.54) is 12.1 Å². The van der Waals surface area contributed by atoms with Crippen molar-refractivity contribution in [3.8, 4) is 5.75 Å². The number of nitro groups is 1. The third-order valence-electron chi connectivity index (χ3n) is 2.68. The molecule has 5 heteroatoms. The van der Waals surface area contributed by atoms with Gasteiger partial charge >= 0.3 is 5.69 Å². The predicted octanol–water partition coefficient (Wildman–Crippen LogP) is 1.33. The van der Waals surface area contributed by atoms with E-state index in [1.54, 1.807) is 6.07 Å². The fourth-order valence-corrected chi connectivity index (χ4v) is 1.58. The van der Waals surface area contributed by atoms with E-state index in [-0.39, 0.29) is 17.0 Å². The summed E-state index contributed by atoms with van der Waals surface area (Å²) in [5.74, 6) is -0.290. The van der Waals surface area contributed by atoms with E-state index in [1.807, 2.05) is 0 Å². The Balaban J connectivity index is 2.21. The molecule has 2 rings (SSSR count). The molecule has 1 aromatic rings. The van der Waals surface area contributed by atoms with Crippen LogP contribution < -0.4 is 5.73 Å². The highest BCUT2D eigenvalue weighted by atomic mass is 16.6. The van der Waals surface area contributed by atoms with Gasteiger partial charge in [-0.1, -0.05) is 6.07 Å². The minimum absolute atomic E-state index is 0.150. The van der Waals surface area contributed by atoms with Crippen LogP contribution in [0.15, 0.2) is 18.2 Å². The van der Waals surface area contributed by atoms with Crippen molar-refractivity contribution in [3.05, 3.63) is 33.9 Å². The number of rotatable bonds is 3. The fraction of sp³-hybridized carbons (Fsp3) is 0.400. The molecular weight excluding hydrogens is 196 g/mol. The molecule has 80 valence electrons. The highest BCUT2D eigenvalue weighted by Crippen LogP contribution is 2.37. The Morgan fingerprint density at radius 1 is 1.53 bits per heavy atom. The predicted molar refractivity (Wildman–Crippen MR) is 54.6 cm³/mol. The van der Waals surface area contributed by atoms with Crippen LogP contribution in [-0.2, 0) is 6.42 Å². The number of nitro benzene ring substituents is 1. The summed E-state index contributed by atoms with van der Waals surface area (Å²) in [7, 11) is 0. The van der Waals surface area contributed by atoms with Crippen LogP contribution in [0.2, 0.25) is 0 Å². The van der Waals surface area contributed by atoms with Gasteiger partial charge in [0.05, 0.1) is 4.92 Å². The number of hydrogen-bond donors (Lipinski definition) is 2. The zero-order chi connectivity index (χ0) is 11.1. The molecule has 1 aromatic carbocycles. The number of nitrogens with two attached hydrogens (primary N) is 1. The van der Waals surface area contributed by atoms with Crippen LogP contribution >= 0.6 is 0 Å². The minimum Gasteiger partial charge on any atom is -0.502 e. The van der Waals surface area contributed by atoms with Gasteiger partial charge in [-0.15, -0.1) is 0 Å². The highest BCUT2D eigenvalue weighted by Gasteiger charge is 2.38.